The molecule has 0 radical (unpaired) electrons. The summed E-state index contributed by atoms with van der Waals surface area (Å²) in [6, 6.07) is 7.37. The number of rotatable bonds is 9. The van der Waals surface area contributed by atoms with Gasteiger partial charge in [0.25, 0.3) is 0 Å². The molecule has 1 N–H and O–H groups in total. The van der Waals surface area contributed by atoms with E-state index < -0.39 is 0 Å². The van der Waals surface area contributed by atoms with Crippen molar-refractivity contribution in [3.8, 4) is 11.3 Å². The molecule has 6 nitrogen and oxygen atoms in total. The highest BCUT2D eigenvalue weighted by Crippen LogP contribution is 2.22. The minimum absolute atomic E-state index is 0.0128. The Morgan fingerprint density at radius 2 is 2.08 bits per heavy atom. The molecule has 2 heterocycles. The third-order valence-corrected chi connectivity index (χ3v) is 4.22. The summed E-state index contributed by atoms with van der Waals surface area (Å²) in [5.41, 5.74) is 0.912. The second-order valence-electron chi connectivity index (χ2n) is 5.98. The zero-order valence-corrected chi connectivity index (χ0v) is 15.2. The molecule has 0 aliphatic heterocycles. The summed E-state index contributed by atoms with van der Waals surface area (Å²) in [7, 11) is 0. The molecule has 0 spiro atoms. The first kappa shape index (κ1) is 18.2. The highest BCUT2D eigenvalue weighted by Gasteiger charge is 2.09. The van der Waals surface area contributed by atoms with Gasteiger partial charge in [0.05, 0.1) is 12.5 Å². The molecule has 0 bridgehead atoms. The number of unbranched alkanes of at least 4 members (excludes halogenated alkanes) is 1. The van der Waals surface area contributed by atoms with Gasteiger partial charge in [-0.05, 0) is 37.1 Å². The van der Waals surface area contributed by atoms with Crippen molar-refractivity contribution in [1.82, 2.24) is 19.9 Å². The van der Waals surface area contributed by atoms with E-state index in [0.29, 0.717) is 36.1 Å². The number of aromatic nitrogens is 3. The number of aryl methyl sites for hydroxylation is 2. The molecule has 3 rings (SSSR count). The number of benzene rings is 1. The smallest absolute Gasteiger partial charge is 0.220 e. The molecule has 1 aromatic carbocycles. The van der Waals surface area contributed by atoms with E-state index in [9.17, 15) is 4.79 Å². The van der Waals surface area contributed by atoms with Crippen LogP contribution in [0.3, 0.4) is 0 Å². The third-order valence-electron chi connectivity index (χ3n) is 3.97. The molecule has 0 aliphatic rings. The first-order valence-corrected chi connectivity index (χ1v) is 9.01. The number of imidazole rings is 1. The maximum absolute atomic E-state index is 11.9. The van der Waals surface area contributed by atoms with Crippen LogP contribution in [0, 0.1) is 0 Å². The fourth-order valence-electron chi connectivity index (χ4n) is 2.55. The molecule has 0 atom stereocenters. The molecule has 0 saturated heterocycles. The lowest BCUT2D eigenvalue weighted by Gasteiger charge is -2.05. The molecular formula is C19H21ClN4O2. The highest BCUT2D eigenvalue weighted by atomic mass is 35.5. The normalized spacial score (nSPS) is 10.8. The second-order valence-corrected chi connectivity index (χ2v) is 6.42. The number of halogens is 1. The molecule has 136 valence electrons. The van der Waals surface area contributed by atoms with Gasteiger partial charge in [-0.2, -0.15) is 0 Å². The second kappa shape index (κ2) is 9.20. The van der Waals surface area contributed by atoms with Crippen LogP contribution in [0.4, 0.5) is 0 Å². The van der Waals surface area contributed by atoms with Crippen molar-refractivity contribution in [2.24, 2.45) is 0 Å². The Morgan fingerprint density at radius 1 is 1.23 bits per heavy atom. The Hall–Kier alpha value is -2.60. The number of hydrogen-bond acceptors (Lipinski definition) is 4. The van der Waals surface area contributed by atoms with Gasteiger partial charge in [-0.3, -0.25) is 4.79 Å². The minimum Gasteiger partial charge on any atom is -0.441 e. The summed E-state index contributed by atoms with van der Waals surface area (Å²) in [4.78, 5) is 20.1. The molecule has 0 aliphatic carbocycles. The average molecular weight is 373 g/mol. The van der Waals surface area contributed by atoms with Crippen LogP contribution in [0.25, 0.3) is 11.3 Å². The predicted octanol–water partition coefficient (Wildman–Crippen LogP) is 3.72. The van der Waals surface area contributed by atoms with Crippen LogP contribution < -0.4 is 5.32 Å². The van der Waals surface area contributed by atoms with Gasteiger partial charge in [-0.1, -0.05) is 11.6 Å². The first-order valence-electron chi connectivity index (χ1n) is 8.64. The fraction of sp³-hybridized carbons (Fsp3) is 0.316. The molecule has 0 unspecified atom stereocenters. The Balaban J connectivity index is 1.34. The summed E-state index contributed by atoms with van der Waals surface area (Å²) in [6.07, 6.45) is 9.96. The summed E-state index contributed by atoms with van der Waals surface area (Å²) < 4.78 is 7.73. The zero-order chi connectivity index (χ0) is 18.2. The number of carbonyl (C=O) groups is 1. The number of hydrogen-bond donors (Lipinski definition) is 1. The molecule has 26 heavy (non-hydrogen) atoms. The van der Waals surface area contributed by atoms with E-state index in [1.165, 1.54) is 0 Å². The van der Waals surface area contributed by atoms with Crippen molar-refractivity contribution in [3.63, 3.8) is 0 Å². The fourth-order valence-corrected chi connectivity index (χ4v) is 2.67. The number of oxazole rings is 1. The quantitative estimate of drug-likeness (QED) is 0.581. The van der Waals surface area contributed by atoms with Crippen molar-refractivity contribution in [2.45, 2.75) is 32.2 Å². The van der Waals surface area contributed by atoms with Crippen LogP contribution in [0.5, 0.6) is 0 Å². The highest BCUT2D eigenvalue weighted by molar-refractivity contribution is 6.30. The molecular weight excluding hydrogens is 352 g/mol. The van der Waals surface area contributed by atoms with E-state index in [0.717, 1.165) is 24.9 Å². The summed E-state index contributed by atoms with van der Waals surface area (Å²) in [5.74, 6) is 1.25. The summed E-state index contributed by atoms with van der Waals surface area (Å²) in [5, 5.41) is 3.61. The van der Waals surface area contributed by atoms with Gasteiger partial charge in [0.1, 0.15) is 0 Å². The molecule has 0 saturated carbocycles. The molecule has 7 heteroatoms. The van der Waals surface area contributed by atoms with Crippen molar-refractivity contribution in [1.29, 1.82) is 0 Å². The lowest BCUT2D eigenvalue weighted by Crippen LogP contribution is -2.24. The van der Waals surface area contributed by atoms with E-state index in [-0.39, 0.29) is 5.91 Å². The van der Waals surface area contributed by atoms with Crippen molar-refractivity contribution in [3.05, 3.63) is 60.1 Å². The average Bonchev–Trinajstić information content (AvgIpc) is 3.32. The number of amides is 1. The van der Waals surface area contributed by atoms with Crippen LogP contribution in [0.1, 0.15) is 25.2 Å². The molecule has 2 aromatic heterocycles. The molecule has 1 amide bonds. The van der Waals surface area contributed by atoms with E-state index in [4.69, 9.17) is 16.0 Å². The Labute approximate surface area is 157 Å². The Bertz CT molecular complexity index is 812. The largest absolute Gasteiger partial charge is 0.441 e. The number of carbonyl (C=O) groups excluding carboxylic acids is 1. The third kappa shape index (κ3) is 5.46. The summed E-state index contributed by atoms with van der Waals surface area (Å²) in [6.45, 7) is 1.59. The van der Waals surface area contributed by atoms with E-state index >= 15 is 0 Å². The standard InChI is InChI=1S/C19H21ClN4O2/c20-16-5-3-15(4-6-16)17-13-23-19(26-17)8-7-18(25)22-9-1-2-11-24-12-10-21-14-24/h3-6,10,12-14H,1-2,7-9,11H2,(H,22,25). The van der Waals surface area contributed by atoms with Gasteiger partial charge in [0, 0.05) is 48.9 Å². The van der Waals surface area contributed by atoms with Crippen molar-refractivity contribution < 1.29 is 9.21 Å². The molecule has 3 aromatic rings. The van der Waals surface area contributed by atoms with E-state index in [2.05, 4.69) is 15.3 Å². The predicted molar refractivity (Wildman–Crippen MR) is 99.7 cm³/mol. The topological polar surface area (TPSA) is 73.0 Å². The van der Waals surface area contributed by atoms with Crippen LogP contribution in [0.2, 0.25) is 5.02 Å². The Morgan fingerprint density at radius 3 is 2.85 bits per heavy atom. The Kier molecular flexibility index (Phi) is 6.44. The maximum atomic E-state index is 11.9. The lowest BCUT2D eigenvalue weighted by molar-refractivity contribution is -0.121. The van der Waals surface area contributed by atoms with Crippen molar-refractivity contribution >= 4 is 17.5 Å². The zero-order valence-electron chi connectivity index (χ0n) is 14.4. The van der Waals surface area contributed by atoms with Crippen LogP contribution in [-0.2, 0) is 17.8 Å². The van der Waals surface area contributed by atoms with Gasteiger partial charge in [0.2, 0.25) is 5.91 Å². The van der Waals surface area contributed by atoms with Gasteiger partial charge in [-0.25, -0.2) is 9.97 Å². The van der Waals surface area contributed by atoms with Gasteiger partial charge in [-0.15, -0.1) is 0 Å². The monoisotopic (exact) mass is 372 g/mol. The van der Waals surface area contributed by atoms with Crippen LogP contribution in [0.15, 0.2) is 53.6 Å². The number of nitrogens with one attached hydrogen (secondary N) is 1. The number of nitrogens with zero attached hydrogens (tertiary/aromatic N) is 3. The van der Waals surface area contributed by atoms with Gasteiger partial charge >= 0.3 is 0 Å². The SMILES string of the molecule is O=C(CCc1ncc(-c2ccc(Cl)cc2)o1)NCCCCn1ccnc1. The van der Waals surface area contributed by atoms with Gasteiger partial charge < -0.3 is 14.3 Å². The van der Waals surface area contributed by atoms with E-state index in [1.54, 1.807) is 30.9 Å². The first-order chi connectivity index (χ1) is 12.7. The van der Waals surface area contributed by atoms with Crippen LogP contribution in [-0.4, -0.2) is 27.0 Å². The van der Waals surface area contributed by atoms with Crippen LogP contribution >= 0.6 is 11.6 Å². The van der Waals surface area contributed by atoms with E-state index in [1.807, 2.05) is 22.9 Å². The van der Waals surface area contributed by atoms with Gasteiger partial charge in [0.15, 0.2) is 11.7 Å². The maximum Gasteiger partial charge on any atom is 0.220 e. The minimum atomic E-state index is 0.0128. The summed E-state index contributed by atoms with van der Waals surface area (Å²) >= 11 is 5.88. The molecule has 0 fully saturated rings. The lowest BCUT2D eigenvalue weighted by atomic mass is 10.2. The van der Waals surface area contributed by atoms with Crippen molar-refractivity contribution in [2.75, 3.05) is 6.54 Å².